The molecule has 2 rings (SSSR count). The van der Waals surface area contributed by atoms with E-state index in [0.29, 0.717) is 18.3 Å². The molecule has 1 aliphatic carbocycles. The van der Waals surface area contributed by atoms with Crippen molar-refractivity contribution in [2.45, 2.75) is 38.5 Å². The molecule has 1 fully saturated rings. The van der Waals surface area contributed by atoms with Crippen LogP contribution >= 0.6 is 0 Å². The van der Waals surface area contributed by atoms with Crippen molar-refractivity contribution in [1.29, 1.82) is 0 Å². The molecule has 4 nitrogen and oxygen atoms in total. The fourth-order valence-electron chi connectivity index (χ4n) is 2.43. The van der Waals surface area contributed by atoms with Crippen molar-refractivity contribution < 1.29 is 14.4 Å². The molecular formula is C16H21NO3. The topological polar surface area (TPSA) is 47.6 Å². The molecule has 0 radical (unpaired) electrons. The lowest BCUT2D eigenvalue weighted by atomic mass is 9.82. The molecule has 1 aliphatic rings. The van der Waals surface area contributed by atoms with Gasteiger partial charge in [-0.1, -0.05) is 24.3 Å². The summed E-state index contributed by atoms with van der Waals surface area (Å²) in [7, 11) is 0. The van der Waals surface area contributed by atoms with Gasteiger partial charge in [-0.2, -0.15) is 5.48 Å². The van der Waals surface area contributed by atoms with Crippen LogP contribution < -0.4 is 10.2 Å². The van der Waals surface area contributed by atoms with E-state index in [2.05, 4.69) is 12.1 Å². The monoisotopic (exact) mass is 275 g/mol. The molecule has 1 aromatic rings. The molecule has 0 aromatic heterocycles. The second-order valence-corrected chi connectivity index (χ2v) is 5.02. The van der Waals surface area contributed by atoms with Crippen LogP contribution in [0.25, 0.3) is 0 Å². The molecule has 0 unspecified atom stereocenters. The molecular weight excluding hydrogens is 254 g/mol. The van der Waals surface area contributed by atoms with E-state index in [1.165, 1.54) is 11.1 Å². The average Bonchev–Trinajstić information content (AvgIpc) is 2.47. The standard InChI is InChI=1S/C16H21NO3/c1-3-19-17-16(18)20-15-10-8-14(9-11-15)13-6-4-12(2)5-7-13/h8-11,13H,2-7H2,1H3,(H,17,18). The molecule has 0 spiro atoms. The first kappa shape index (κ1) is 14.6. The summed E-state index contributed by atoms with van der Waals surface area (Å²) in [6.07, 6.45) is 3.93. The fourth-order valence-corrected chi connectivity index (χ4v) is 2.43. The maximum Gasteiger partial charge on any atom is 0.436 e. The fraction of sp³-hybridized carbons (Fsp3) is 0.438. The van der Waals surface area contributed by atoms with Gasteiger partial charge in [0.25, 0.3) is 0 Å². The van der Waals surface area contributed by atoms with Crippen molar-refractivity contribution in [2.75, 3.05) is 6.61 Å². The maximum atomic E-state index is 11.3. The predicted molar refractivity (Wildman–Crippen MR) is 77.6 cm³/mol. The molecule has 0 atom stereocenters. The van der Waals surface area contributed by atoms with Crippen molar-refractivity contribution in [3.8, 4) is 5.75 Å². The molecule has 0 bridgehead atoms. The Labute approximate surface area is 119 Å². The third kappa shape index (κ3) is 4.10. The SMILES string of the molecule is C=C1CCC(c2ccc(OC(=O)NOCC)cc2)CC1. The number of carbonyl (C=O) groups is 1. The summed E-state index contributed by atoms with van der Waals surface area (Å²) in [5.41, 5.74) is 4.85. The summed E-state index contributed by atoms with van der Waals surface area (Å²) in [4.78, 5) is 16.1. The zero-order valence-corrected chi connectivity index (χ0v) is 11.9. The van der Waals surface area contributed by atoms with E-state index in [4.69, 9.17) is 9.57 Å². The smallest absolute Gasteiger partial charge is 0.409 e. The van der Waals surface area contributed by atoms with Crippen LogP contribution in [0.3, 0.4) is 0 Å². The van der Waals surface area contributed by atoms with Crippen LogP contribution in [0.4, 0.5) is 4.79 Å². The van der Waals surface area contributed by atoms with Gasteiger partial charge < -0.3 is 4.74 Å². The summed E-state index contributed by atoms with van der Waals surface area (Å²) in [5.74, 6) is 1.11. The lowest BCUT2D eigenvalue weighted by Gasteiger charge is -2.23. The van der Waals surface area contributed by atoms with E-state index in [9.17, 15) is 4.79 Å². The third-order valence-corrected chi connectivity index (χ3v) is 3.55. The van der Waals surface area contributed by atoms with Crippen LogP contribution in [0.2, 0.25) is 0 Å². The summed E-state index contributed by atoms with van der Waals surface area (Å²) in [6, 6.07) is 7.71. The Hall–Kier alpha value is -1.81. The number of ether oxygens (including phenoxy) is 1. The van der Waals surface area contributed by atoms with Gasteiger partial charge in [-0.05, 0) is 56.2 Å². The Morgan fingerprint density at radius 2 is 1.95 bits per heavy atom. The van der Waals surface area contributed by atoms with E-state index < -0.39 is 6.09 Å². The molecule has 1 saturated carbocycles. The number of amides is 1. The van der Waals surface area contributed by atoms with Gasteiger partial charge in [-0.15, -0.1) is 0 Å². The van der Waals surface area contributed by atoms with E-state index in [0.717, 1.165) is 25.7 Å². The van der Waals surface area contributed by atoms with Crippen LogP contribution in [0.1, 0.15) is 44.1 Å². The van der Waals surface area contributed by atoms with E-state index >= 15 is 0 Å². The molecule has 20 heavy (non-hydrogen) atoms. The average molecular weight is 275 g/mol. The van der Waals surface area contributed by atoms with Gasteiger partial charge in [-0.3, -0.25) is 4.84 Å². The largest absolute Gasteiger partial charge is 0.436 e. The number of hydrogen-bond donors (Lipinski definition) is 1. The summed E-state index contributed by atoms with van der Waals surface area (Å²) >= 11 is 0. The highest BCUT2D eigenvalue weighted by molar-refractivity contribution is 5.69. The Balaban J connectivity index is 1.89. The molecule has 1 N–H and O–H groups in total. The highest BCUT2D eigenvalue weighted by Gasteiger charge is 2.17. The summed E-state index contributed by atoms with van der Waals surface area (Å²) in [5, 5.41) is 0. The number of rotatable bonds is 4. The molecule has 0 saturated heterocycles. The van der Waals surface area contributed by atoms with Crippen LogP contribution in [-0.4, -0.2) is 12.7 Å². The number of carbonyl (C=O) groups excluding carboxylic acids is 1. The number of hydrogen-bond acceptors (Lipinski definition) is 3. The molecule has 0 heterocycles. The quantitative estimate of drug-likeness (QED) is 0.668. The molecule has 1 amide bonds. The lowest BCUT2D eigenvalue weighted by molar-refractivity contribution is 0.0535. The van der Waals surface area contributed by atoms with Crippen molar-refractivity contribution in [2.24, 2.45) is 0 Å². The minimum atomic E-state index is -0.603. The number of nitrogens with one attached hydrogen (secondary N) is 1. The molecule has 0 aliphatic heterocycles. The second-order valence-electron chi connectivity index (χ2n) is 5.02. The number of hydroxylamine groups is 1. The van der Waals surface area contributed by atoms with Gasteiger partial charge >= 0.3 is 6.09 Å². The van der Waals surface area contributed by atoms with Crippen LogP contribution in [0.15, 0.2) is 36.4 Å². The van der Waals surface area contributed by atoms with Gasteiger partial charge in [0.05, 0.1) is 6.61 Å². The van der Waals surface area contributed by atoms with Crippen molar-refractivity contribution in [1.82, 2.24) is 5.48 Å². The van der Waals surface area contributed by atoms with Crippen molar-refractivity contribution in [3.63, 3.8) is 0 Å². The van der Waals surface area contributed by atoms with Gasteiger partial charge in [0.1, 0.15) is 5.75 Å². The third-order valence-electron chi connectivity index (χ3n) is 3.55. The van der Waals surface area contributed by atoms with Crippen molar-refractivity contribution in [3.05, 3.63) is 42.0 Å². The first-order valence-electron chi connectivity index (χ1n) is 7.05. The Bertz CT molecular complexity index is 457. The van der Waals surface area contributed by atoms with E-state index in [1.807, 2.05) is 24.3 Å². The molecule has 4 heteroatoms. The zero-order valence-electron chi connectivity index (χ0n) is 11.9. The normalized spacial score (nSPS) is 15.9. The predicted octanol–water partition coefficient (Wildman–Crippen LogP) is 3.94. The highest BCUT2D eigenvalue weighted by Crippen LogP contribution is 2.35. The second kappa shape index (κ2) is 7.10. The van der Waals surface area contributed by atoms with Crippen LogP contribution in [-0.2, 0) is 4.84 Å². The lowest BCUT2D eigenvalue weighted by Crippen LogP contribution is -2.26. The molecule has 108 valence electrons. The van der Waals surface area contributed by atoms with Crippen LogP contribution in [0.5, 0.6) is 5.75 Å². The van der Waals surface area contributed by atoms with Crippen molar-refractivity contribution >= 4 is 6.09 Å². The van der Waals surface area contributed by atoms with E-state index in [1.54, 1.807) is 6.92 Å². The Morgan fingerprint density at radius 3 is 2.55 bits per heavy atom. The van der Waals surface area contributed by atoms with Gasteiger partial charge in [0.15, 0.2) is 0 Å². The molecule has 1 aromatic carbocycles. The summed E-state index contributed by atoms with van der Waals surface area (Å²) in [6.45, 7) is 6.23. The number of benzene rings is 1. The van der Waals surface area contributed by atoms with Gasteiger partial charge in [0, 0.05) is 0 Å². The maximum absolute atomic E-state index is 11.3. The highest BCUT2D eigenvalue weighted by atomic mass is 16.7. The number of allylic oxidation sites excluding steroid dienone is 1. The first-order valence-corrected chi connectivity index (χ1v) is 7.05. The van der Waals surface area contributed by atoms with Gasteiger partial charge in [0.2, 0.25) is 0 Å². The zero-order chi connectivity index (χ0) is 14.4. The Morgan fingerprint density at radius 1 is 1.30 bits per heavy atom. The first-order chi connectivity index (χ1) is 9.69. The van der Waals surface area contributed by atoms with Gasteiger partial charge in [-0.25, -0.2) is 4.79 Å². The Kier molecular flexibility index (Phi) is 5.18. The van der Waals surface area contributed by atoms with E-state index in [-0.39, 0.29) is 0 Å². The summed E-state index contributed by atoms with van der Waals surface area (Å²) < 4.78 is 5.09. The minimum absolute atomic E-state index is 0.404. The minimum Gasteiger partial charge on any atom is -0.409 e. The van der Waals surface area contributed by atoms with Crippen LogP contribution in [0, 0.1) is 0 Å².